The highest BCUT2D eigenvalue weighted by Crippen LogP contribution is 2.28. The Morgan fingerprint density at radius 3 is 2.70 bits per heavy atom. The first-order valence-corrected chi connectivity index (χ1v) is 7.13. The number of piperazine rings is 1. The topological polar surface area (TPSA) is 61.4 Å². The van der Waals surface area contributed by atoms with Gasteiger partial charge >= 0.3 is 0 Å². The summed E-state index contributed by atoms with van der Waals surface area (Å²) in [5.41, 5.74) is 2.17. The number of nitrogens with one attached hydrogen (secondary N) is 2. The Morgan fingerprint density at radius 2 is 1.95 bits per heavy atom. The predicted molar refractivity (Wildman–Crippen MR) is 76.6 cm³/mol. The third-order valence-corrected chi connectivity index (χ3v) is 3.99. The van der Waals surface area contributed by atoms with Crippen molar-refractivity contribution in [2.45, 2.75) is 18.8 Å². The summed E-state index contributed by atoms with van der Waals surface area (Å²) in [4.78, 5) is 25.5. The summed E-state index contributed by atoms with van der Waals surface area (Å²) in [6.45, 7) is 3.95. The van der Waals surface area contributed by atoms with E-state index in [-0.39, 0.29) is 17.7 Å². The minimum Gasteiger partial charge on any atom is -0.369 e. The summed E-state index contributed by atoms with van der Waals surface area (Å²) >= 11 is 0. The van der Waals surface area contributed by atoms with E-state index in [0.717, 1.165) is 37.4 Å². The van der Waals surface area contributed by atoms with Gasteiger partial charge in [-0.15, -0.1) is 0 Å². The van der Waals surface area contributed by atoms with Crippen molar-refractivity contribution >= 4 is 17.5 Å². The molecule has 0 bridgehead atoms. The number of piperidine rings is 1. The van der Waals surface area contributed by atoms with E-state index in [1.54, 1.807) is 0 Å². The minimum atomic E-state index is -0.199. The second kappa shape index (κ2) is 5.63. The molecule has 0 aromatic heterocycles. The normalized spacial score (nSPS) is 23.6. The summed E-state index contributed by atoms with van der Waals surface area (Å²) in [5.74, 6) is -0.529. The lowest BCUT2D eigenvalue weighted by Crippen LogP contribution is -2.43. The Bertz CT molecular complexity index is 524. The largest absolute Gasteiger partial charge is 0.369 e. The molecule has 0 radical (unpaired) electrons. The summed E-state index contributed by atoms with van der Waals surface area (Å²) in [5, 5.41) is 5.76. The van der Waals surface area contributed by atoms with E-state index in [1.165, 1.54) is 0 Å². The van der Waals surface area contributed by atoms with Gasteiger partial charge in [0, 0.05) is 38.3 Å². The number of hydrogen-bond donors (Lipinski definition) is 2. The molecule has 0 aliphatic carbocycles. The molecule has 5 heteroatoms. The van der Waals surface area contributed by atoms with Crippen LogP contribution in [0.3, 0.4) is 0 Å². The van der Waals surface area contributed by atoms with Crippen LogP contribution < -0.4 is 15.5 Å². The molecule has 2 amide bonds. The van der Waals surface area contributed by atoms with Gasteiger partial charge in [-0.1, -0.05) is 12.1 Å². The van der Waals surface area contributed by atoms with Crippen molar-refractivity contribution in [3.8, 4) is 0 Å². The Balaban J connectivity index is 1.80. The Morgan fingerprint density at radius 1 is 1.15 bits per heavy atom. The molecule has 1 atom stereocenters. The van der Waals surface area contributed by atoms with Crippen molar-refractivity contribution in [1.29, 1.82) is 0 Å². The van der Waals surface area contributed by atoms with Gasteiger partial charge in [-0.2, -0.15) is 0 Å². The maximum atomic E-state index is 11.9. The fourth-order valence-corrected chi connectivity index (χ4v) is 2.87. The molecule has 2 aliphatic rings. The third kappa shape index (κ3) is 2.67. The molecule has 20 heavy (non-hydrogen) atoms. The van der Waals surface area contributed by atoms with E-state index in [0.29, 0.717) is 12.8 Å². The first kappa shape index (κ1) is 13.1. The van der Waals surface area contributed by atoms with Gasteiger partial charge in [-0.05, 0) is 24.1 Å². The van der Waals surface area contributed by atoms with Gasteiger partial charge < -0.3 is 10.2 Å². The Hall–Kier alpha value is -1.88. The molecule has 0 saturated carbocycles. The lowest BCUT2D eigenvalue weighted by Gasteiger charge is -2.30. The number of carbonyl (C=O) groups is 2. The molecule has 2 fully saturated rings. The first-order chi connectivity index (χ1) is 9.74. The highest BCUT2D eigenvalue weighted by atomic mass is 16.2. The van der Waals surface area contributed by atoms with E-state index >= 15 is 0 Å². The monoisotopic (exact) mass is 273 g/mol. The van der Waals surface area contributed by atoms with E-state index < -0.39 is 0 Å². The molecule has 106 valence electrons. The molecule has 3 rings (SSSR count). The maximum absolute atomic E-state index is 11.9. The van der Waals surface area contributed by atoms with E-state index in [1.807, 2.05) is 12.1 Å². The van der Waals surface area contributed by atoms with Gasteiger partial charge in [-0.3, -0.25) is 14.9 Å². The molecule has 1 aromatic carbocycles. The highest BCUT2D eigenvalue weighted by molar-refractivity contribution is 6.01. The highest BCUT2D eigenvalue weighted by Gasteiger charge is 2.28. The van der Waals surface area contributed by atoms with Crippen LogP contribution in [0.2, 0.25) is 0 Å². The first-order valence-electron chi connectivity index (χ1n) is 7.13. The van der Waals surface area contributed by atoms with Crippen LogP contribution in [0.4, 0.5) is 5.69 Å². The molecule has 1 unspecified atom stereocenters. The van der Waals surface area contributed by atoms with E-state index in [4.69, 9.17) is 0 Å². The molecule has 2 saturated heterocycles. The lowest BCUT2D eigenvalue weighted by molar-refractivity contribution is -0.134. The second-order valence-corrected chi connectivity index (χ2v) is 5.34. The van der Waals surface area contributed by atoms with Gasteiger partial charge in [0.2, 0.25) is 11.8 Å². The maximum Gasteiger partial charge on any atom is 0.234 e. The number of rotatable bonds is 2. The molecular formula is C15H19N3O2. The summed E-state index contributed by atoms with van der Waals surface area (Å²) in [7, 11) is 0. The SMILES string of the molecule is O=C1CCC(c2cccc(N3CCNCC3)c2)C(=O)N1. The number of carbonyl (C=O) groups excluding carboxylic acids is 2. The van der Waals surface area contributed by atoms with Gasteiger partial charge in [0.05, 0.1) is 5.92 Å². The number of nitrogens with zero attached hydrogens (tertiary/aromatic N) is 1. The van der Waals surface area contributed by atoms with E-state index in [2.05, 4.69) is 27.7 Å². The molecule has 5 nitrogen and oxygen atoms in total. The lowest BCUT2D eigenvalue weighted by atomic mass is 9.90. The van der Waals surface area contributed by atoms with Crippen LogP contribution in [0, 0.1) is 0 Å². The van der Waals surface area contributed by atoms with Crippen LogP contribution in [0.25, 0.3) is 0 Å². The number of hydrogen-bond acceptors (Lipinski definition) is 4. The van der Waals surface area contributed by atoms with Crippen LogP contribution in [0.5, 0.6) is 0 Å². The standard InChI is InChI=1S/C15H19N3O2/c19-14-5-4-13(15(20)17-14)11-2-1-3-12(10-11)18-8-6-16-7-9-18/h1-3,10,13,16H,4-9H2,(H,17,19,20). The molecule has 2 aliphatic heterocycles. The predicted octanol–water partition coefficient (Wildman–Crippen LogP) is 0.616. The fraction of sp³-hybridized carbons (Fsp3) is 0.467. The van der Waals surface area contributed by atoms with Crippen LogP contribution in [-0.2, 0) is 9.59 Å². The molecule has 0 spiro atoms. The average molecular weight is 273 g/mol. The smallest absolute Gasteiger partial charge is 0.234 e. The van der Waals surface area contributed by atoms with E-state index in [9.17, 15) is 9.59 Å². The van der Waals surface area contributed by atoms with Gasteiger partial charge in [0.1, 0.15) is 0 Å². The average Bonchev–Trinajstić information content (AvgIpc) is 2.48. The minimum absolute atomic E-state index is 0.162. The van der Waals surface area contributed by atoms with Gasteiger partial charge in [0.15, 0.2) is 0 Å². The number of amides is 2. The van der Waals surface area contributed by atoms with Gasteiger partial charge in [0.25, 0.3) is 0 Å². The van der Waals surface area contributed by atoms with Crippen LogP contribution >= 0.6 is 0 Å². The van der Waals surface area contributed by atoms with Crippen LogP contribution in [-0.4, -0.2) is 38.0 Å². The number of anilines is 1. The summed E-state index contributed by atoms with van der Waals surface area (Å²) in [6, 6.07) is 8.15. The Labute approximate surface area is 118 Å². The van der Waals surface area contributed by atoms with Crippen molar-refractivity contribution < 1.29 is 9.59 Å². The second-order valence-electron chi connectivity index (χ2n) is 5.34. The van der Waals surface area contributed by atoms with Crippen molar-refractivity contribution in [2.75, 3.05) is 31.1 Å². The number of benzene rings is 1. The fourth-order valence-electron chi connectivity index (χ4n) is 2.87. The molecular weight excluding hydrogens is 254 g/mol. The zero-order valence-electron chi connectivity index (χ0n) is 11.4. The van der Waals surface area contributed by atoms with Crippen molar-refractivity contribution in [2.24, 2.45) is 0 Å². The summed E-state index contributed by atoms with van der Waals surface area (Å²) < 4.78 is 0. The van der Waals surface area contributed by atoms with Gasteiger partial charge in [-0.25, -0.2) is 0 Å². The summed E-state index contributed by atoms with van der Waals surface area (Å²) in [6.07, 6.45) is 1.03. The van der Waals surface area contributed by atoms with Crippen molar-refractivity contribution in [3.63, 3.8) is 0 Å². The molecule has 2 N–H and O–H groups in total. The number of imide groups is 1. The zero-order valence-corrected chi connectivity index (χ0v) is 11.4. The quantitative estimate of drug-likeness (QED) is 0.775. The molecule has 1 aromatic rings. The molecule has 2 heterocycles. The Kier molecular flexibility index (Phi) is 3.69. The van der Waals surface area contributed by atoms with Crippen molar-refractivity contribution in [1.82, 2.24) is 10.6 Å². The zero-order chi connectivity index (χ0) is 13.9. The van der Waals surface area contributed by atoms with Crippen molar-refractivity contribution in [3.05, 3.63) is 29.8 Å². The third-order valence-electron chi connectivity index (χ3n) is 3.99. The van der Waals surface area contributed by atoms with Crippen LogP contribution in [0.1, 0.15) is 24.3 Å². The van der Waals surface area contributed by atoms with Crippen LogP contribution in [0.15, 0.2) is 24.3 Å².